The van der Waals surface area contributed by atoms with E-state index in [1.165, 1.54) is 10.4 Å². The van der Waals surface area contributed by atoms with E-state index >= 15 is 0 Å². The Kier molecular flexibility index (Phi) is 6.81. The third kappa shape index (κ3) is 4.66. The summed E-state index contributed by atoms with van der Waals surface area (Å²) in [5, 5.41) is 12.8. The van der Waals surface area contributed by atoms with Gasteiger partial charge in [-0.25, -0.2) is 4.79 Å². The molecule has 1 fully saturated rings. The molecule has 2 aromatic carbocycles. The van der Waals surface area contributed by atoms with Crippen molar-refractivity contribution in [2.24, 2.45) is 0 Å². The van der Waals surface area contributed by atoms with Crippen LogP contribution in [-0.4, -0.2) is 40.9 Å². The largest absolute Gasteiger partial charge is 0.406 e. The molecule has 0 spiro atoms. The fourth-order valence-corrected chi connectivity index (χ4v) is 10.8. The lowest BCUT2D eigenvalue weighted by Crippen LogP contribution is -2.67. The number of anilines is 1. The zero-order valence-electron chi connectivity index (χ0n) is 19.2. The Labute approximate surface area is 200 Å². The van der Waals surface area contributed by atoms with Crippen molar-refractivity contribution in [1.29, 1.82) is 0 Å². The zero-order chi connectivity index (χ0) is 23.6. The molecular formula is C25H31N3O3SSi. The minimum absolute atomic E-state index is 0.138. The summed E-state index contributed by atoms with van der Waals surface area (Å²) in [4.78, 5) is 16.1. The molecule has 4 rings (SSSR count). The normalized spacial score (nSPS) is 21.3. The summed E-state index contributed by atoms with van der Waals surface area (Å²) in [6, 6.07) is 22.5. The van der Waals surface area contributed by atoms with Crippen molar-refractivity contribution < 1.29 is 9.53 Å². The van der Waals surface area contributed by atoms with Gasteiger partial charge in [-0.1, -0.05) is 81.4 Å². The zero-order valence-corrected chi connectivity index (χ0v) is 21.0. The van der Waals surface area contributed by atoms with Gasteiger partial charge < -0.3 is 15.3 Å². The first kappa shape index (κ1) is 23.8. The molecule has 3 N–H and O–H groups in total. The van der Waals surface area contributed by atoms with Crippen LogP contribution in [0.25, 0.3) is 0 Å². The van der Waals surface area contributed by atoms with Crippen molar-refractivity contribution in [2.75, 3.05) is 12.3 Å². The Hall–Kier alpha value is -2.39. The number of aliphatic hydroxyl groups is 1. The highest BCUT2D eigenvalue weighted by molar-refractivity contribution is 8.00. The van der Waals surface area contributed by atoms with Gasteiger partial charge >= 0.3 is 5.69 Å². The van der Waals surface area contributed by atoms with Crippen LogP contribution in [0.3, 0.4) is 0 Å². The number of nitrogens with two attached hydrogens (primary N) is 1. The van der Waals surface area contributed by atoms with Crippen LogP contribution >= 0.6 is 11.8 Å². The minimum atomic E-state index is -2.69. The maximum Gasteiger partial charge on any atom is 0.350 e. The molecule has 0 aliphatic carbocycles. The quantitative estimate of drug-likeness (QED) is 0.526. The lowest BCUT2D eigenvalue weighted by molar-refractivity contribution is 0.140. The van der Waals surface area contributed by atoms with Crippen LogP contribution in [-0.2, 0) is 4.43 Å². The predicted octanol–water partition coefficient (Wildman–Crippen LogP) is 2.77. The van der Waals surface area contributed by atoms with Crippen LogP contribution in [0, 0.1) is 0 Å². The molecule has 0 saturated carbocycles. The lowest BCUT2D eigenvalue weighted by Gasteiger charge is -2.43. The van der Waals surface area contributed by atoms with Gasteiger partial charge in [-0.3, -0.25) is 4.57 Å². The number of nitrogens with zero attached hydrogens (tertiary/aromatic N) is 2. The summed E-state index contributed by atoms with van der Waals surface area (Å²) in [5.41, 5.74) is 5.24. The first-order valence-electron chi connectivity index (χ1n) is 11.2. The van der Waals surface area contributed by atoms with Crippen molar-refractivity contribution in [2.45, 2.75) is 49.0 Å². The van der Waals surface area contributed by atoms with Gasteiger partial charge in [0.1, 0.15) is 5.82 Å². The molecular weight excluding hydrogens is 450 g/mol. The molecule has 1 aliphatic rings. The minimum Gasteiger partial charge on any atom is -0.406 e. The van der Waals surface area contributed by atoms with Gasteiger partial charge in [0.2, 0.25) is 0 Å². The molecule has 3 aromatic rings. The Balaban J connectivity index is 1.65. The second-order valence-corrected chi connectivity index (χ2v) is 15.2. The van der Waals surface area contributed by atoms with E-state index < -0.39 is 20.1 Å². The smallest absolute Gasteiger partial charge is 0.350 e. The van der Waals surface area contributed by atoms with Crippen LogP contribution in [0.1, 0.15) is 32.6 Å². The second-order valence-electron chi connectivity index (χ2n) is 9.45. The van der Waals surface area contributed by atoms with Gasteiger partial charge in [0.25, 0.3) is 8.32 Å². The Morgan fingerprint density at radius 2 is 1.67 bits per heavy atom. The molecule has 174 valence electrons. The SMILES string of the molecule is CC(C)(C)[Si](OC[C@H]1S[C@@H](n2ccc(N)nc2=O)C[C@@H]1O)(c1ccccc1)c1ccccc1. The van der Waals surface area contributed by atoms with E-state index in [1.807, 2.05) is 12.1 Å². The molecule has 0 radical (unpaired) electrons. The molecule has 0 amide bonds. The van der Waals surface area contributed by atoms with Crippen molar-refractivity contribution in [1.82, 2.24) is 9.55 Å². The Bertz CT molecular complexity index is 1100. The van der Waals surface area contributed by atoms with Gasteiger partial charge in [0.15, 0.2) is 0 Å². The lowest BCUT2D eigenvalue weighted by atomic mass is 10.2. The van der Waals surface area contributed by atoms with Gasteiger partial charge in [0.05, 0.1) is 16.7 Å². The van der Waals surface area contributed by atoms with Crippen LogP contribution in [0.5, 0.6) is 0 Å². The highest BCUT2D eigenvalue weighted by Gasteiger charge is 2.51. The number of hydrogen-bond donors (Lipinski definition) is 2. The number of nitrogen functional groups attached to an aromatic ring is 1. The maximum absolute atomic E-state index is 12.3. The van der Waals surface area contributed by atoms with Crippen LogP contribution < -0.4 is 21.8 Å². The topological polar surface area (TPSA) is 90.4 Å². The summed E-state index contributed by atoms with van der Waals surface area (Å²) < 4.78 is 8.54. The molecule has 6 nitrogen and oxygen atoms in total. The molecule has 8 heteroatoms. The van der Waals surface area contributed by atoms with Gasteiger partial charge in [-0.05, 0) is 21.5 Å². The van der Waals surface area contributed by atoms with Gasteiger partial charge in [-0.2, -0.15) is 4.98 Å². The number of rotatable bonds is 6. The van der Waals surface area contributed by atoms with E-state index in [4.69, 9.17) is 10.2 Å². The van der Waals surface area contributed by atoms with Gasteiger partial charge in [-0.15, -0.1) is 11.8 Å². The summed E-state index contributed by atoms with van der Waals surface area (Å²) >= 11 is 1.56. The first-order chi connectivity index (χ1) is 15.7. The summed E-state index contributed by atoms with van der Waals surface area (Å²) in [5.74, 6) is 0.200. The molecule has 1 saturated heterocycles. The maximum atomic E-state index is 12.3. The summed E-state index contributed by atoms with van der Waals surface area (Å²) in [7, 11) is -2.69. The fourth-order valence-electron chi connectivity index (χ4n) is 4.65. The van der Waals surface area contributed by atoms with E-state index in [0.717, 1.165) is 0 Å². The van der Waals surface area contributed by atoms with Crippen molar-refractivity contribution in [3.8, 4) is 0 Å². The van der Waals surface area contributed by atoms with Crippen molar-refractivity contribution in [3.63, 3.8) is 0 Å². The number of thioether (sulfide) groups is 1. The third-order valence-corrected chi connectivity index (χ3v) is 12.8. The van der Waals surface area contributed by atoms with Crippen LogP contribution in [0.4, 0.5) is 5.82 Å². The van der Waals surface area contributed by atoms with Crippen molar-refractivity contribution in [3.05, 3.63) is 83.4 Å². The summed E-state index contributed by atoms with van der Waals surface area (Å²) in [6.07, 6.45) is 1.54. The average Bonchev–Trinajstić information content (AvgIpc) is 3.15. The fraction of sp³-hybridized carbons (Fsp3) is 0.360. The molecule has 0 bridgehead atoms. The number of benzene rings is 2. The van der Waals surface area contributed by atoms with Crippen LogP contribution in [0.2, 0.25) is 5.04 Å². The number of aliphatic hydroxyl groups excluding tert-OH is 1. The molecule has 1 aromatic heterocycles. The molecule has 2 heterocycles. The third-order valence-electron chi connectivity index (χ3n) is 6.25. The van der Waals surface area contributed by atoms with E-state index in [9.17, 15) is 9.90 Å². The molecule has 1 aliphatic heterocycles. The Morgan fingerprint density at radius 1 is 1.09 bits per heavy atom. The molecule has 3 atom stereocenters. The standard InChI is InChI=1S/C25H31N3O3SSi/c1-25(2,3)33(18-10-6-4-7-11-18,19-12-8-5-9-13-19)31-17-21-20(29)16-23(32-21)28-15-14-22(26)27-24(28)30/h4-15,20-21,23,29H,16-17H2,1-3H3,(H2,26,27,30)/t20-,21+,23+/m0/s1. The highest BCUT2D eigenvalue weighted by Crippen LogP contribution is 2.43. The summed E-state index contributed by atoms with van der Waals surface area (Å²) in [6.45, 7) is 7.10. The monoisotopic (exact) mass is 481 g/mol. The molecule has 0 unspecified atom stereocenters. The second kappa shape index (κ2) is 9.46. The van der Waals surface area contributed by atoms with Gasteiger partial charge in [0, 0.05) is 19.2 Å². The predicted molar refractivity (Wildman–Crippen MR) is 138 cm³/mol. The average molecular weight is 482 g/mol. The molecule has 33 heavy (non-hydrogen) atoms. The number of hydrogen-bond acceptors (Lipinski definition) is 6. The van der Waals surface area contributed by atoms with E-state index in [-0.39, 0.29) is 21.5 Å². The number of aromatic nitrogens is 2. The highest BCUT2D eigenvalue weighted by atomic mass is 32.2. The van der Waals surface area contributed by atoms with E-state index in [2.05, 4.69) is 74.3 Å². The van der Waals surface area contributed by atoms with E-state index in [0.29, 0.717) is 13.0 Å². The van der Waals surface area contributed by atoms with Crippen LogP contribution in [0.15, 0.2) is 77.7 Å². The first-order valence-corrected chi connectivity index (χ1v) is 14.0. The van der Waals surface area contributed by atoms with Crippen molar-refractivity contribution >= 4 is 36.3 Å². The Morgan fingerprint density at radius 3 is 2.18 bits per heavy atom. The van der Waals surface area contributed by atoms with E-state index in [1.54, 1.807) is 28.6 Å².